The molecule has 0 saturated carbocycles. The second-order valence-corrected chi connectivity index (χ2v) is 5.00. The number of ketones is 1. The van der Waals surface area contributed by atoms with Crippen molar-refractivity contribution in [1.82, 2.24) is 4.98 Å². The van der Waals surface area contributed by atoms with Crippen molar-refractivity contribution >= 4 is 23.1 Å². The molecular formula is C14H13NO3S. The summed E-state index contributed by atoms with van der Waals surface area (Å²) < 4.78 is 5.18. The Balaban J connectivity index is 2.07. The number of hydrogen-bond donors (Lipinski definition) is 0. The number of benzene rings is 1. The maximum absolute atomic E-state index is 11.8. The number of rotatable bonds is 4. The minimum Gasteiger partial charge on any atom is -0.422 e. The van der Waals surface area contributed by atoms with Gasteiger partial charge in [-0.15, -0.1) is 11.3 Å². The van der Waals surface area contributed by atoms with Crippen molar-refractivity contribution in [2.24, 2.45) is 0 Å². The largest absolute Gasteiger partial charge is 0.422 e. The van der Waals surface area contributed by atoms with Crippen LogP contribution in [-0.2, 0) is 0 Å². The van der Waals surface area contributed by atoms with Crippen LogP contribution in [0.1, 0.15) is 39.2 Å². The van der Waals surface area contributed by atoms with Crippen LogP contribution in [0.15, 0.2) is 29.6 Å². The topological polar surface area (TPSA) is 56.3 Å². The zero-order valence-corrected chi connectivity index (χ0v) is 11.5. The number of thiazole rings is 1. The number of esters is 1. The van der Waals surface area contributed by atoms with E-state index >= 15 is 0 Å². The van der Waals surface area contributed by atoms with Crippen molar-refractivity contribution in [2.45, 2.75) is 20.3 Å². The van der Waals surface area contributed by atoms with E-state index in [9.17, 15) is 9.59 Å². The summed E-state index contributed by atoms with van der Waals surface area (Å²) in [5, 5.41) is 2.47. The second kappa shape index (κ2) is 5.75. The molecule has 0 unspecified atom stereocenters. The van der Waals surface area contributed by atoms with Gasteiger partial charge in [-0.05, 0) is 31.2 Å². The summed E-state index contributed by atoms with van der Waals surface area (Å²) in [6.07, 6.45) is 0.456. The Morgan fingerprint density at radius 1 is 1.26 bits per heavy atom. The molecule has 0 spiro atoms. The van der Waals surface area contributed by atoms with Gasteiger partial charge in [0.25, 0.3) is 0 Å². The number of carbonyl (C=O) groups is 2. The number of ether oxygens (including phenoxy) is 1. The summed E-state index contributed by atoms with van der Waals surface area (Å²) in [5.74, 6) is -0.0183. The van der Waals surface area contributed by atoms with E-state index in [1.807, 2.05) is 6.92 Å². The first-order valence-electron chi connectivity index (χ1n) is 5.87. The SMILES string of the molecule is CCC(=O)c1ccc(OC(=O)c2csc(C)n2)cc1. The maximum atomic E-state index is 11.8. The number of hydrogen-bond acceptors (Lipinski definition) is 5. The Morgan fingerprint density at radius 2 is 1.95 bits per heavy atom. The van der Waals surface area contributed by atoms with Gasteiger partial charge < -0.3 is 4.74 Å². The monoisotopic (exact) mass is 275 g/mol. The lowest BCUT2D eigenvalue weighted by Gasteiger charge is -2.03. The van der Waals surface area contributed by atoms with E-state index in [2.05, 4.69) is 4.98 Å². The van der Waals surface area contributed by atoms with Gasteiger partial charge in [-0.1, -0.05) is 6.92 Å². The summed E-state index contributed by atoms with van der Waals surface area (Å²) in [7, 11) is 0. The molecule has 1 aromatic carbocycles. The summed E-state index contributed by atoms with van der Waals surface area (Å²) in [4.78, 5) is 27.3. The lowest BCUT2D eigenvalue weighted by atomic mass is 10.1. The van der Waals surface area contributed by atoms with Crippen molar-refractivity contribution < 1.29 is 14.3 Å². The average molecular weight is 275 g/mol. The third kappa shape index (κ3) is 3.26. The number of aryl methyl sites for hydroxylation is 1. The summed E-state index contributed by atoms with van der Waals surface area (Å²) in [6, 6.07) is 6.53. The molecule has 0 aliphatic rings. The maximum Gasteiger partial charge on any atom is 0.363 e. The first-order valence-corrected chi connectivity index (χ1v) is 6.75. The van der Waals surface area contributed by atoms with E-state index in [-0.39, 0.29) is 5.78 Å². The molecule has 2 rings (SSSR count). The molecule has 0 aliphatic carbocycles. The fraction of sp³-hybridized carbons (Fsp3) is 0.214. The molecule has 1 heterocycles. The highest BCUT2D eigenvalue weighted by atomic mass is 32.1. The van der Waals surface area contributed by atoms with Crippen LogP contribution in [0.5, 0.6) is 5.75 Å². The van der Waals surface area contributed by atoms with Crippen LogP contribution in [0, 0.1) is 6.92 Å². The highest BCUT2D eigenvalue weighted by Gasteiger charge is 2.12. The van der Waals surface area contributed by atoms with Crippen LogP contribution in [0.4, 0.5) is 0 Å². The summed E-state index contributed by atoms with van der Waals surface area (Å²) >= 11 is 1.40. The minimum absolute atomic E-state index is 0.0630. The zero-order chi connectivity index (χ0) is 13.8. The molecule has 0 saturated heterocycles. The Bertz CT molecular complexity index is 601. The third-order valence-corrected chi connectivity index (χ3v) is 3.31. The van der Waals surface area contributed by atoms with Gasteiger partial charge in [-0.25, -0.2) is 9.78 Å². The Labute approximate surface area is 115 Å². The molecule has 4 nitrogen and oxygen atoms in total. The van der Waals surface area contributed by atoms with Crippen molar-refractivity contribution in [3.63, 3.8) is 0 Å². The standard InChI is InChI=1S/C14H13NO3S/c1-3-13(16)10-4-6-11(7-5-10)18-14(17)12-8-19-9(2)15-12/h4-8H,3H2,1-2H3. The molecule has 98 valence electrons. The summed E-state index contributed by atoms with van der Waals surface area (Å²) in [6.45, 7) is 3.63. The molecular weight excluding hydrogens is 262 g/mol. The third-order valence-electron chi connectivity index (χ3n) is 2.54. The van der Waals surface area contributed by atoms with E-state index in [1.54, 1.807) is 36.6 Å². The molecule has 0 bridgehead atoms. The smallest absolute Gasteiger partial charge is 0.363 e. The van der Waals surface area contributed by atoms with Crippen LogP contribution >= 0.6 is 11.3 Å². The highest BCUT2D eigenvalue weighted by molar-refractivity contribution is 7.09. The van der Waals surface area contributed by atoms with E-state index in [1.165, 1.54) is 11.3 Å². The molecule has 0 N–H and O–H groups in total. The first kappa shape index (κ1) is 13.4. The lowest BCUT2D eigenvalue weighted by molar-refractivity contribution is 0.0729. The van der Waals surface area contributed by atoms with Gasteiger partial charge in [0, 0.05) is 17.4 Å². The molecule has 0 fully saturated rings. The highest BCUT2D eigenvalue weighted by Crippen LogP contribution is 2.16. The molecule has 2 aromatic rings. The average Bonchev–Trinajstić information content (AvgIpc) is 2.85. The summed E-state index contributed by atoms with van der Waals surface area (Å²) in [5.41, 5.74) is 0.919. The van der Waals surface area contributed by atoms with Gasteiger partial charge >= 0.3 is 5.97 Å². The van der Waals surface area contributed by atoms with Gasteiger partial charge in [0.15, 0.2) is 11.5 Å². The second-order valence-electron chi connectivity index (χ2n) is 3.94. The molecule has 0 atom stereocenters. The molecule has 5 heteroatoms. The molecule has 19 heavy (non-hydrogen) atoms. The Hall–Kier alpha value is -2.01. The van der Waals surface area contributed by atoms with Crippen LogP contribution in [0.25, 0.3) is 0 Å². The van der Waals surface area contributed by atoms with Crippen molar-refractivity contribution in [3.8, 4) is 5.75 Å². The van der Waals surface area contributed by atoms with E-state index in [0.29, 0.717) is 23.4 Å². The van der Waals surface area contributed by atoms with Crippen LogP contribution in [0.3, 0.4) is 0 Å². The fourth-order valence-corrected chi connectivity index (χ4v) is 2.11. The quantitative estimate of drug-likeness (QED) is 0.488. The normalized spacial score (nSPS) is 10.2. The number of nitrogens with zero attached hydrogens (tertiary/aromatic N) is 1. The predicted octanol–water partition coefficient (Wildman–Crippen LogP) is 3.26. The predicted molar refractivity (Wildman–Crippen MR) is 72.9 cm³/mol. The van der Waals surface area contributed by atoms with Gasteiger partial charge in [0.05, 0.1) is 5.01 Å². The van der Waals surface area contributed by atoms with Gasteiger partial charge in [0.1, 0.15) is 5.75 Å². The van der Waals surface area contributed by atoms with Crippen LogP contribution < -0.4 is 4.74 Å². The van der Waals surface area contributed by atoms with E-state index in [0.717, 1.165) is 5.01 Å². The van der Waals surface area contributed by atoms with Crippen molar-refractivity contribution in [2.75, 3.05) is 0 Å². The van der Waals surface area contributed by atoms with Gasteiger partial charge in [-0.3, -0.25) is 4.79 Å². The molecule has 0 radical (unpaired) electrons. The Kier molecular flexibility index (Phi) is 4.06. The van der Waals surface area contributed by atoms with Crippen LogP contribution in [-0.4, -0.2) is 16.7 Å². The molecule has 1 aromatic heterocycles. The van der Waals surface area contributed by atoms with Crippen molar-refractivity contribution in [3.05, 3.63) is 45.9 Å². The zero-order valence-electron chi connectivity index (χ0n) is 10.7. The fourth-order valence-electron chi connectivity index (χ4n) is 1.53. The Morgan fingerprint density at radius 3 is 2.47 bits per heavy atom. The van der Waals surface area contributed by atoms with E-state index < -0.39 is 5.97 Å². The molecule has 0 amide bonds. The van der Waals surface area contributed by atoms with Gasteiger partial charge in [-0.2, -0.15) is 0 Å². The van der Waals surface area contributed by atoms with Crippen LogP contribution in [0.2, 0.25) is 0 Å². The minimum atomic E-state index is -0.487. The van der Waals surface area contributed by atoms with E-state index in [4.69, 9.17) is 4.74 Å². The van der Waals surface area contributed by atoms with Crippen molar-refractivity contribution in [1.29, 1.82) is 0 Å². The van der Waals surface area contributed by atoms with Gasteiger partial charge in [0.2, 0.25) is 0 Å². The molecule has 0 aliphatic heterocycles. The lowest BCUT2D eigenvalue weighted by Crippen LogP contribution is -2.09. The first-order chi connectivity index (χ1) is 9.10. The number of Topliss-reactive ketones (excluding diaryl/α,β-unsaturated/α-hetero) is 1. The number of carbonyl (C=O) groups excluding carboxylic acids is 2. The number of aromatic nitrogens is 1.